The third-order valence-corrected chi connectivity index (χ3v) is 17.8. The fourth-order valence-corrected chi connectivity index (χ4v) is 12.3. The molecule has 3 aliphatic heterocycles. The van der Waals surface area contributed by atoms with Crippen molar-refractivity contribution < 1.29 is 90.8 Å². The second kappa shape index (κ2) is 32.9. The Kier molecular flexibility index (Phi) is 26.3. The maximum absolute atomic E-state index is 14.1. The molecule has 9 rings (SSSR count). The minimum absolute atomic E-state index is 0. The van der Waals surface area contributed by atoms with Gasteiger partial charge in [-0.1, -0.05) is 136 Å². The van der Waals surface area contributed by atoms with Crippen molar-refractivity contribution in [2.75, 3.05) is 38.7 Å². The first-order valence-electron chi connectivity index (χ1n) is 30.7. The molecular formula is C72H75ClF12N6O8. The zero-order valence-electron chi connectivity index (χ0n) is 52.4. The van der Waals surface area contributed by atoms with Crippen LogP contribution in [0.3, 0.4) is 0 Å². The zero-order chi connectivity index (χ0) is 70.6. The van der Waals surface area contributed by atoms with E-state index in [0.29, 0.717) is 65.9 Å². The summed E-state index contributed by atoms with van der Waals surface area (Å²) < 4.78 is 187. The monoisotopic (exact) mass is 1410 g/mol. The van der Waals surface area contributed by atoms with Gasteiger partial charge in [0.05, 0.1) is 84.0 Å². The highest BCUT2D eigenvalue weighted by molar-refractivity contribution is 6.17. The predicted octanol–water partition coefficient (Wildman–Crippen LogP) is 17.8. The molecule has 3 aliphatic rings. The molecule has 0 saturated carbocycles. The smallest absolute Gasteiger partial charge is 0.416 e. The predicted molar refractivity (Wildman–Crippen MR) is 342 cm³/mol. The van der Waals surface area contributed by atoms with Gasteiger partial charge in [0.1, 0.15) is 24.3 Å². The average Bonchev–Trinajstić information content (AvgIpc) is 1.71. The third kappa shape index (κ3) is 19.1. The molecule has 0 radical (unpaired) electrons. The Balaban J connectivity index is 0.000000306. The number of hydrogen-bond donors (Lipinski definition) is 1. The molecule has 3 saturated heterocycles. The number of nitrogens with one attached hydrogen (secondary N) is 1. The van der Waals surface area contributed by atoms with Crippen LogP contribution in [0, 0.1) is 22.7 Å². The molecule has 3 fully saturated rings. The van der Waals surface area contributed by atoms with Crippen LogP contribution in [0.2, 0.25) is 0 Å². The molecule has 6 aromatic rings. The van der Waals surface area contributed by atoms with Crippen LogP contribution in [0.4, 0.5) is 62.3 Å². The van der Waals surface area contributed by atoms with Crippen LogP contribution in [0.15, 0.2) is 158 Å². The van der Waals surface area contributed by atoms with Gasteiger partial charge in [0.2, 0.25) is 11.8 Å². The summed E-state index contributed by atoms with van der Waals surface area (Å²) in [4.78, 5) is 57.8. The van der Waals surface area contributed by atoms with Crippen LogP contribution < -0.4 is 5.32 Å². The lowest BCUT2D eigenvalue weighted by Crippen LogP contribution is -2.66. The third-order valence-electron chi connectivity index (χ3n) is 17.5. The van der Waals surface area contributed by atoms with E-state index in [1.807, 2.05) is 0 Å². The van der Waals surface area contributed by atoms with E-state index in [2.05, 4.69) is 17.5 Å². The standard InChI is InChI=1S/C35H34ClF6N3O4.C35H33F6N3O4.2CH4/c1-24(26-17-28(34(37,38)39)19-29(18-26)35(40,41)42)49-23-33(27-11-6-3-7-12-27)15-14-32(21-43,44-30(46)13-8-16-36)22-45(33)31(47)48-20-25-9-4-2-5-10-25;1-24(26-17-28(34(36,37)38)19-29(18-26)35(39,40)41)48-23-33(27-11-6-3-7-12-27)15-14-32(21-42,43-16-8-13-30(43)45)22-44(33)31(46)47-20-25-9-4-2-5-10-25;;/h2-7,9-12,17-19,24H,8,13-16,20,22-23H2,1H3,(H,44,46);2-7,9-12,17-19,24H,8,13-16,20,22-23H2,1H3;2*1H4/t2*24-,32-,33-;;/m11../s1. The summed E-state index contributed by atoms with van der Waals surface area (Å²) in [6, 6.07) is 41.6. The molecule has 14 nitrogen and oxygen atoms in total. The van der Waals surface area contributed by atoms with Gasteiger partial charge >= 0.3 is 36.9 Å². The fourth-order valence-electron chi connectivity index (χ4n) is 12.1. The largest absolute Gasteiger partial charge is 0.445 e. The summed E-state index contributed by atoms with van der Waals surface area (Å²) >= 11 is 5.74. The lowest BCUT2D eigenvalue weighted by atomic mass is 9.74. The zero-order valence-corrected chi connectivity index (χ0v) is 53.2. The molecule has 532 valence electrons. The molecule has 0 aromatic heterocycles. The van der Waals surface area contributed by atoms with E-state index in [-0.39, 0.29) is 121 Å². The molecule has 0 aliphatic carbocycles. The highest BCUT2D eigenvalue weighted by Crippen LogP contribution is 2.48. The van der Waals surface area contributed by atoms with Gasteiger partial charge in [-0.05, 0) is 122 Å². The Hall–Kier alpha value is -8.85. The molecule has 1 N–H and O–H groups in total. The normalized spacial score (nSPS) is 20.9. The lowest BCUT2D eigenvalue weighted by Gasteiger charge is -2.53. The number of alkyl halides is 13. The van der Waals surface area contributed by atoms with Crippen molar-refractivity contribution in [1.29, 1.82) is 10.5 Å². The number of likely N-dealkylation sites (tertiary alicyclic amines) is 3. The number of nitrogens with zero attached hydrogens (tertiary/aromatic N) is 5. The first-order valence-corrected chi connectivity index (χ1v) is 31.2. The summed E-state index contributed by atoms with van der Waals surface area (Å²) in [5.74, 6) is -0.466. The van der Waals surface area contributed by atoms with Crippen LogP contribution in [-0.2, 0) is 77.5 Å². The van der Waals surface area contributed by atoms with Crippen molar-refractivity contribution >= 4 is 35.6 Å². The summed E-state index contributed by atoms with van der Waals surface area (Å²) in [7, 11) is 0. The number of carbonyl (C=O) groups is 4. The van der Waals surface area contributed by atoms with Crippen LogP contribution in [-0.4, -0.2) is 88.5 Å². The lowest BCUT2D eigenvalue weighted by molar-refractivity contribution is -0.145. The van der Waals surface area contributed by atoms with Crippen LogP contribution in [0.25, 0.3) is 0 Å². The average molecular weight is 1420 g/mol. The fraction of sp³-hybridized carbons (Fsp3) is 0.417. The Morgan fingerprint density at radius 2 is 0.939 bits per heavy atom. The topological polar surface area (TPSA) is 175 Å². The molecule has 0 spiro atoms. The van der Waals surface area contributed by atoms with Crippen molar-refractivity contribution in [3.8, 4) is 12.1 Å². The maximum Gasteiger partial charge on any atom is 0.416 e. The van der Waals surface area contributed by atoms with Crippen molar-refractivity contribution in [2.24, 2.45) is 0 Å². The van der Waals surface area contributed by atoms with Crippen molar-refractivity contribution in [2.45, 2.75) is 152 Å². The summed E-state index contributed by atoms with van der Waals surface area (Å²) in [5, 5.41) is 23.5. The van der Waals surface area contributed by atoms with Gasteiger partial charge in [0.25, 0.3) is 0 Å². The van der Waals surface area contributed by atoms with E-state index in [0.717, 1.165) is 0 Å². The van der Waals surface area contributed by atoms with Gasteiger partial charge < -0.3 is 29.2 Å². The summed E-state index contributed by atoms with van der Waals surface area (Å²) in [6.45, 7) is 1.29. The molecule has 99 heavy (non-hydrogen) atoms. The number of halogens is 13. The second-order valence-corrected chi connectivity index (χ2v) is 24.3. The minimum atomic E-state index is -5.06. The Morgan fingerprint density at radius 1 is 0.556 bits per heavy atom. The number of nitriles is 2. The molecule has 27 heteroatoms. The summed E-state index contributed by atoms with van der Waals surface area (Å²) in [5.41, 5.74) is -9.99. The van der Waals surface area contributed by atoms with Crippen molar-refractivity contribution in [3.63, 3.8) is 0 Å². The molecule has 0 unspecified atom stereocenters. The number of amides is 4. The molecule has 6 aromatic carbocycles. The SMILES string of the molecule is C.C.C[C@@H](OC[C@@]1(c2ccccc2)CC[C@](C#N)(N2CCCC2=O)CN1C(=O)OCc1ccccc1)c1cc(C(F)(F)F)cc(C(F)(F)F)c1.C[C@@H](OC[C@@]1(c2ccccc2)CC[C@](C#N)(NC(=O)CCCCl)CN1C(=O)OCc1ccccc1)c1cc(C(F)(F)F)cc(C(F)(F)F)c1. The number of hydrogen-bond acceptors (Lipinski definition) is 10. The molecule has 3 heterocycles. The van der Waals surface area contributed by atoms with Gasteiger partial charge in [-0.25, -0.2) is 9.59 Å². The van der Waals surface area contributed by atoms with Crippen molar-refractivity contribution in [1.82, 2.24) is 20.0 Å². The highest BCUT2D eigenvalue weighted by Gasteiger charge is 2.57. The summed E-state index contributed by atoms with van der Waals surface area (Å²) in [6.07, 6.45) is -23.1. The van der Waals surface area contributed by atoms with E-state index in [4.69, 9.17) is 30.5 Å². The molecule has 6 atom stereocenters. The van der Waals surface area contributed by atoms with Gasteiger partial charge in [-0.2, -0.15) is 63.2 Å². The number of benzene rings is 6. The van der Waals surface area contributed by atoms with E-state index in [1.54, 1.807) is 121 Å². The highest BCUT2D eigenvalue weighted by atomic mass is 35.5. The van der Waals surface area contributed by atoms with E-state index >= 15 is 0 Å². The van der Waals surface area contributed by atoms with E-state index < -0.39 is 106 Å². The van der Waals surface area contributed by atoms with Crippen LogP contribution in [0.5, 0.6) is 0 Å². The second-order valence-electron chi connectivity index (χ2n) is 24.0. The number of ether oxygens (including phenoxy) is 4. The molecule has 0 bridgehead atoms. The molecule has 4 amide bonds. The van der Waals surface area contributed by atoms with Crippen LogP contribution >= 0.6 is 11.6 Å². The van der Waals surface area contributed by atoms with E-state index in [1.165, 1.54) is 28.5 Å². The molecular weight excluding hydrogens is 1340 g/mol. The van der Waals surface area contributed by atoms with Crippen molar-refractivity contribution in [3.05, 3.63) is 213 Å². The van der Waals surface area contributed by atoms with Gasteiger partial charge in [-0.15, -0.1) is 11.6 Å². The number of piperidine rings is 2. The van der Waals surface area contributed by atoms with Gasteiger partial charge in [-0.3, -0.25) is 19.4 Å². The Bertz CT molecular complexity index is 3720. The van der Waals surface area contributed by atoms with E-state index in [9.17, 15) is 82.4 Å². The number of rotatable bonds is 19. The Labute approximate surface area is 571 Å². The maximum atomic E-state index is 14.1. The quantitative estimate of drug-likeness (QED) is 0.0607. The van der Waals surface area contributed by atoms with Gasteiger partial charge in [0, 0.05) is 25.3 Å². The number of carbonyl (C=O) groups excluding carboxylic acids is 4. The Morgan fingerprint density at radius 3 is 1.29 bits per heavy atom. The first kappa shape index (κ1) is 79.1. The minimum Gasteiger partial charge on any atom is -0.445 e. The van der Waals surface area contributed by atoms with Crippen LogP contribution in [0.1, 0.15) is 148 Å². The first-order chi connectivity index (χ1) is 45.8. The van der Waals surface area contributed by atoms with Gasteiger partial charge in [0.15, 0.2) is 0 Å².